The predicted molar refractivity (Wildman–Crippen MR) is 88.8 cm³/mol. The number of amides is 1. The number of benzene rings is 1. The van der Waals surface area contributed by atoms with E-state index in [1.807, 2.05) is 30.3 Å². The maximum atomic E-state index is 12.8. The van der Waals surface area contributed by atoms with E-state index in [4.69, 9.17) is 5.73 Å². The number of carbonyl (C=O) groups is 1. The Kier molecular flexibility index (Phi) is 4.26. The summed E-state index contributed by atoms with van der Waals surface area (Å²) in [6, 6.07) is 9.34. The van der Waals surface area contributed by atoms with E-state index in [0.29, 0.717) is 15.3 Å². The first kappa shape index (κ1) is 15.2. The minimum absolute atomic E-state index is 0.0717. The monoisotopic (exact) mass is 333 g/mol. The normalized spacial score (nSPS) is 16.5. The summed E-state index contributed by atoms with van der Waals surface area (Å²) in [7, 11) is 0. The third-order valence-electron chi connectivity index (χ3n) is 3.24. The van der Waals surface area contributed by atoms with Crippen LogP contribution in [-0.4, -0.2) is 26.5 Å². The first-order chi connectivity index (χ1) is 10.6. The first-order valence-electron chi connectivity index (χ1n) is 6.85. The van der Waals surface area contributed by atoms with Gasteiger partial charge in [-0.05, 0) is 12.1 Å². The zero-order valence-electron chi connectivity index (χ0n) is 12.0. The lowest BCUT2D eigenvalue weighted by Gasteiger charge is -2.13. The molecule has 1 aromatic heterocycles. The molecule has 0 fully saturated rings. The third-order valence-corrected chi connectivity index (χ3v) is 5.41. The van der Waals surface area contributed by atoms with E-state index >= 15 is 0 Å². The molecule has 1 aliphatic rings. The number of rotatable bonds is 4. The third kappa shape index (κ3) is 2.91. The van der Waals surface area contributed by atoms with Crippen molar-refractivity contribution in [1.82, 2.24) is 9.55 Å². The van der Waals surface area contributed by atoms with Gasteiger partial charge in [0, 0.05) is 11.7 Å². The molecule has 1 atom stereocenters. The average Bonchev–Trinajstić information content (AvgIpc) is 2.87. The lowest BCUT2D eigenvalue weighted by atomic mass is 10.2. The van der Waals surface area contributed by atoms with E-state index in [-0.39, 0.29) is 11.3 Å². The van der Waals surface area contributed by atoms with Crippen LogP contribution < -0.4 is 11.3 Å². The highest BCUT2D eigenvalue weighted by atomic mass is 32.2. The number of carbonyl (C=O) groups excluding carboxylic acids is 1. The summed E-state index contributed by atoms with van der Waals surface area (Å²) in [4.78, 5) is 29.2. The quantitative estimate of drug-likeness (QED) is 0.682. The number of hydrogen-bond acceptors (Lipinski definition) is 5. The lowest BCUT2D eigenvalue weighted by Crippen LogP contribution is -2.24. The van der Waals surface area contributed by atoms with Gasteiger partial charge in [0.1, 0.15) is 0 Å². The summed E-state index contributed by atoms with van der Waals surface area (Å²) in [5, 5.41) is 0.860. The standard InChI is InChI=1S/C15H15N3O2S2/c1-9-7-11-13(22-9)14(20)18(10-5-3-2-4-6-10)15(17-11)21-8-12(16)19/h2-6,9H,7-8H2,1H3,(H2,16,19)/t9-/m1/s1. The number of nitrogens with zero attached hydrogens (tertiary/aromatic N) is 2. The molecule has 0 saturated heterocycles. The maximum absolute atomic E-state index is 12.8. The van der Waals surface area contributed by atoms with Gasteiger partial charge in [0.05, 0.1) is 22.0 Å². The Morgan fingerprint density at radius 1 is 1.45 bits per heavy atom. The number of primary amides is 1. The van der Waals surface area contributed by atoms with Crippen LogP contribution in [0.5, 0.6) is 0 Å². The van der Waals surface area contributed by atoms with Gasteiger partial charge in [-0.1, -0.05) is 36.9 Å². The summed E-state index contributed by atoms with van der Waals surface area (Å²) >= 11 is 2.76. The van der Waals surface area contributed by atoms with Crippen molar-refractivity contribution < 1.29 is 4.79 Å². The van der Waals surface area contributed by atoms with Crippen molar-refractivity contribution in [3.8, 4) is 5.69 Å². The van der Waals surface area contributed by atoms with E-state index in [0.717, 1.165) is 17.8 Å². The summed E-state index contributed by atoms with van der Waals surface area (Å²) in [6.45, 7) is 2.08. The van der Waals surface area contributed by atoms with Crippen LogP contribution in [0, 0.1) is 0 Å². The summed E-state index contributed by atoms with van der Waals surface area (Å²) in [5.41, 5.74) is 6.72. The first-order valence-corrected chi connectivity index (χ1v) is 8.72. The fourth-order valence-electron chi connectivity index (χ4n) is 2.34. The van der Waals surface area contributed by atoms with E-state index < -0.39 is 5.91 Å². The minimum Gasteiger partial charge on any atom is -0.369 e. The second kappa shape index (κ2) is 6.18. The molecule has 1 aromatic carbocycles. The Morgan fingerprint density at radius 3 is 2.86 bits per heavy atom. The molecule has 0 saturated carbocycles. The van der Waals surface area contributed by atoms with E-state index in [2.05, 4.69) is 11.9 Å². The predicted octanol–water partition coefficient (Wildman–Crippen LogP) is 1.85. The van der Waals surface area contributed by atoms with Crippen LogP contribution in [0.4, 0.5) is 0 Å². The molecule has 22 heavy (non-hydrogen) atoms. The van der Waals surface area contributed by atoms with Crippen LogP contribution in [0.3, 0.4) is 0 Å². The van der Waals surface area contributed by atoms with Crippen LogP contribution in [0.25, 0.3) is 5.69 Å². The molecule has 0 bridgehead atoms. The van der Waals surface area contributed by atoms with Crippen molar-refractivity contribution in [1.29, 1.82) is 0 Å². The largest absolute Gasteiger partial charge is 0.369 e. The highest BCUT2D eigenvalue weighted by Gasteiger charge is 2.26. The zero-order valence-corrected chi connectivity index (χ0v) is 13.6. The van der Waals surface area contributed by atoms with Crippen molar-refractivity contribution in [3.05, 3.63) is 46.4 Å². The van der Waals surface area contributed by atoms with Gasteiger partial charge >= 0.3 is 0 Å². The number of hydrogen-bond donors (Lipinski definition) is 1. The second-order valence-electron chi connectivity index (χ2n) is 5.03. The molecular weight excluding hydrogens is 318 g/mol. The molecular formula is C15H15N3O2S2. The van der Waals surface area contributed by atoms with Crippen molar-refractivity contribution in [3.63, 3.8) is 0 Å². The average molecular weight is 333 g/mol. The number of para-hydroxylation sites is 1. The molecule has 114 valence electrons. The van der Waals surface area contributed by atoms with Gasteiger partial charge in [0.15, 0.2) is 5.16 Å². The molecule has 2 heterocycles. The second-order valence-corrected chi connectivity index (χ2v) is 7.43. The van der Waals surface area contributed by atoms with Gasteiger partial charge in [0.2, 0.25) is 5.91 Å². The molecule has 1 aliphatic heterocycles. The molecule has 7 heteroatoms. The molecule has 5 nitrogen and oxygen atoms in total. The smallest absolute Gasteiger partial charge is 0.272 e. The van der Waals surface area contributed by atoms with Crippen LogP contribution in [0.2, 0.25) is 0 Å². The van der Waals surface area contributed by atoms with Gasteiger partial charge in [0.25, 0.3) is 5.56 Å². The summed E-state index contributed by atoms with van der Waals surface area (Å²) in [5.74, 6) is -0.331. The maximum Gasteiger partial charge on any atom is 0.272 e. The van der Waals surface area contributed by atoms with Crippen LogP contribution in [0.15, 0.2) is 45.2 Å². The van der Waals surface area contributed by atoms with Gasteiger partial charge < -0.3 is 5.73 Å². The Balaban J connectivity index is 2.15. The molecule has 0 spiro atoms. The Labute approximate surface area is 136 Å². The van der Waals surface area contributed by atoms with E-state index in [1.165, 1.54) is 11.8 Å². The Hall–Kier alpha value is -1.73. The molecule has 0 unspecified atom stereocenters. The van der Waals surface area contributed by atoms with Crippen molar-refractivity contribution >= 4 is 29.4 Å². The summed E-state index contributed by atoms with van der Waals surface area (Å²) < 4.78 is 1.57. The molecule has 2 aromatic rings. The fraction of sp³-hybridized carbons (Fsp3) is 0.267. The SMILES string of the molecule is C[C@@H]1Cc2nc(SCC(N)=O)n(-c3ccccc3)c(=O)c2S1. The molecule has 3 rings (SSSR count). The zero-order chi connectivity index (χ0) is 15.7. The molecule has 2 N–H and O–H groups in total. The minimum atomic E-state index is -0.429. The van der Waals surface area contributed by atoms with Crippen LogP contribution in [-0.2, 0) is 11.2 Å². The van der Waals surface area contributed by atoms with Crippen LogP contribution in [0.1, 0.15) is 12.6 Å². The van der Waals surface area contributed by atoms with Crippen molar-refractivity contribution in [2.75, 3.05) is 5.75 Å². The van der Waals surface area contributed by atoms with Gasteiger partial charge in [-0.25, -0.2) is 4.98 Å². The number of aromatic nitrogens is 2. The number of thioether (sulfide) groups is 2. The molecule has 1 amide bonds. The van der Waals surface area contributed by atoms with Crippen molar-refractivity contribution in [2.45, 2.75) is 28.6 Å². The van der Waals surface area contributed by atoms with E-state index in [1.54, 1.807) is 16.3 Å². The lowest BCUT2D eigenvalue weighted by molar-refractivity contribution is -0.115. The number of fused-ring (bicyclic) bond motifs is 1. The Bertz CT molecular complexity index is 774. The van der Waals surface area contributed by atoms with Crippen LogP contribution >= 0.6 is 23.5 Å². The van der Waals surface area contributed by atoms with Crippen molar-refractivity contribution in [2.24, 2.45) is 5.73 Å². The van der Waals surface area contributed by atoms with Gasteiger partial charge in [-0.3, -0.25) is 14.2 Å². The van der Waals surface area contributed by atoms with Gasteiger partial charge in [-0.15, -0.1) is 11.8 Å². The highest BCUT2D eigenvalue weighted by molar-refractivity contribution is 8.00. The topological polar surface area (TPSA) is 78.0 Å². The van der Waals surface area contributed by atoms with E-state index in [9.17, 15) is 9.59 Å². The fourth-order valence-corrected chi connectivity index (χ4v) is 4.20. The highest BCUT2D eigenvalue weighted by Crippen LogP contribution is 2.34. The summed E-state index contributed by atoms with van der Waals surface area (Å²) in [6.07, 6.45) is 0.773. The Morgan fingerprint density at radius 2 is 2.18 bits per heavy atom. The molecule has 0 aliphatic carbocycles. The number of nitrogens with two attached hydrogens (primary N) is 1. The van der Waals surface area contributed by atoms with Gasteiger partial charge in [-0.2, -0.15) is 0 Å². The molecule has 0 radical (unpaired) electrons.